The van der Waals surface area contributed by atoms with Crippen molar-refractivity contribution >= 4 is 17.5 Å². The molecule has 1 atom stereocenters. The zero-order valence-corrected chi connectivity index (χ0v) is 12.7. The Hall–Kier alpha value is -2.57. The van der Waals surface area contributed by atoms with Gasteiger partial charge in [0.2, 0.25) is 0 Å². The van der Waals surface area contributed by atoms with Crippen LogP contribution < -0.4 is 5.32 Å². The van der Waals surface area contributed by atoms with Crippen LogP contribution in [0.1, 0.15) is 29.6 Å². The molecule has 2 aliphatic rings. The van der Waals surface area contributed by atoms with Crippen LogP contribution in [-0.4, -0.2) is 51.7 Å². The molecule has 2 fully saturated rings. The highest BCUT2D eigenvalue weighted by Gasteiger charge is 2.42. The Balaban J connectivity index is 1.54. The molecule has 0 bridgehead atoms. The van der Waals surface area contributed by atoms with Gasteiger partial charge in [0.25, 0.3) is 5.91 Å². The van der Waals surface area contributed by atoms with Crippen molar-refractivity contribution in [3.63, 3.8) is 0 Å². The number of likely N-dealkylation sites (tertiary alicyclic amines) is 1. The van der Waals surface area contributed by atoms with Gasteiger partial charge in [-0.25, -0.2) is 9.31 Å². The van der Waals surface area contributed by atoms with E-state index in [0.29, 0.717) is 31.6 Å². The number of hydrogen-bond donors (Lipinski definition) is 1. The lowest BCUT2D eigenvalue weighted by atomic mass is 9.95. The summed E-state index contributed by atoms with van der Waals surface area (Å²) in [4.78, 5) is 26.0. The molecule has 0 radical (unpaired) electrons. The van der Waals surface area contributed by atoms with Crippen molar-refractivity contribution < 1.29 is 14.3 Å². The van der Waals surface area contributed by atoms with Gasteiger partial charge < -0.3 is 15.0 Å². The molecule has 1 N–H and O–H groups in total. The van der Waals surface area contributed by atoms with Crippen LogP contribution in [0.4, 0.5) is 4.79 Å². The van der Waals surface area contributed by atoms with Gasteiger partial charge in [-0.1, -0.05) is 6.07 Å². The molecule has 7 heteroatoms. The van der Waals surface area contributed by atoms with Gasteiger partial charge in [-0.15, -0.1) is 0 Å². The molecule has 2 amide bonds. The van der Waals surface area contributed by atoms with E-state index in [1.165, 1.54) is 0 Å². The molecule has 1 spiro atoms. The molecule has 0 saturated carbocycles. The molecular formula is C16H18N4O3. The number of amides is 2. The fourth-order valence-electron chi connectivity index (χ4n) is 3.42. The fourth-order valence-corrected chi connectivity index (χ4v) is 3.42. The van der Waals surface area contributed by atoms with E-state index in [1.54, 1.807) is 10.7 Å². The maximum atomic E-state index is 12.8. The SMILES string of the molecule is O=C1NC[C@]2(CCCN(C(=O)c3cnn4ccccc34)CC2)O1. The van der Waals surface area contributed by atoms with E-state index < -0.39 is 5.60 Å². The number of nitrogens with zero attached hydrogens (tertiary/aromatic N) is 3. The van der Waals surface area contributed by atoms with E-state index in [-0.39, 0.29) is 12.0 Å². The quantitative estimate of drug-likeness (QED) is 0.864. The lowest BCUT2D eigenvalue weighted by Crippen LogP contribution is -2.36. The monoisotopic (exact) mass is 314 g/mol. The highest BCUT2D eigenvalue weighted by atomic mass is 16.6. The summed E-state index contributed by atoms with van der Waals surface area (Å²) in [6, 6.07) is 5.67. The van der Waals surface area contributed by atoms with E-state index in [0.717, 1.165) is 18.4 Å². The van der Waals surface area contributed by atoms with Crippen molar-refractivity contribution in [3.8, 4) is 0 Å². The summed E-state index contributed by atoms with van der Waals surface area (Å²) < 4.78 is 7.16. The minimum absolute atomic E-state index is 0.0134. The van der Waals surface area contributed by atoms with Gasteiger partial charge in [0.05, 0.1) is 23.8 Å². The van der Waals surface area contributed by atoms with Crippen LogP contribution in [0.5, 0.6) is 0 Å². The van der Waals surface area contributed by atoms with E-state index >= 15 is 0 Å². The third kappa shape index (κ3) is 2.42. The second kappa shape index (κ2) is 5.26. The molecule has 0 aromatic carbocycles. The second-order valence-electron chi connectivity index (χ2n) is 6.16. The van der Waals surface area contributed by atoms with Gasteiger partial charge in [0.15, 0.2) is 0 Å². The van der Waals surface area contributed by atoms with Crippen molar-refractivity contribution in [1.29, 1.82) is 0 Å². The molecule has 23 heavy (non-hydrogen) atoms. The number of pyridine rings is 1. The Kier molecular flexibility index (Phi) is 3.21. The molecule has 7 nitrogen and oxygen atoms in total. The van der Waals surface area contributed by atoms with Crippen LogP contribution in [0.25, 0.3) is 5.52 Å². The van der Waals surface area contributed by atoms with Crippen molar-refractivity contribution in [2.45, 2.75) is 24.9 Å². The smallest absolute Gasteiger partial charge is 0.407 e. The number of ether oxygens (including phenoxy) is 1. The van der Waals surface area contributed by atoms with Crippen molar-refractivity contribution in [1.82, 2.24) is 19.8 Å². The van der Waals surface area contributed by atoms with Gasteiger partial charge in [0.1, 0.15) is 5.60 Å². The molecule has 4 heterocycles. The lowest BCUT2D eigenvalue weighted by molar-refractivity contribution is 0.0439. The number of alkyl carbamates (subject to hydrolysis) is 1. The van der Waals surface area contributed by atoms with E-state index in [4.69, 9.17) is 4.74 Å². The maximum absolute atomic E-state index is 12.8. The van der Waals surface area contributed by atoms with Crippen LogP contribution in [0.2, 0.25) is 0 Å². The minimum Gasteiger partial charge on any atom is -0.441 e. The average molecular weight is 314 g/mol. The van der Waals surface area contributed by atoms with Crippen LogP contribution in [0.3, 0.4) is 0 Å². The first-order chi connectivity index (χ1) is 11.2. The van der Waals surface area contributed by atoms with E-state index in [9.17, 15) is 9.59 Å². The molecule has 2 aromatic rings. The molecular weight excluding hydrogens is 296 g/mol. The normalized spacial score (nSPS) is 24.5. The number of carbonyl (C=O) groups is 2. The lowest BCUT2D eigenvalue weighted by Gasteiger charge is -2.24. The predicted octanol–water partition coefficient (Wildman–Crippen LogP) is 1.44. The Morgan fingerprint density at radius 1 is 1.30 bits per heavy atom. The first kappa shape index (κ1) is 14.0. The van der Waals surface area contributed by atoms with E-state index in [2.05, 4.69) is 10.4 Å². The van der Waals surface area contributed by atoms with Crippen LogP contribution in [0.15, 0.2) is 30.6 Å². The van der Waals surface area contributed by atoms with Crippen LogP contribution in [-0.2, 0) is 4.74 Å². The topological polar surface area (TPSA) is 75.9 Å². The second-order valence-corrected chi connectivity index (χ2v) is 6.16. The van der Waals surface area contributed by atoms with Crippen molar-refractivity contribution in [3.05, 3.63) is 36.2 Å². The Morgan fingerprint density at radius 3 is 3.04 bits per heavy atom. The third-order valence-electron chi connectivity index (χ3n) is 4.71. The summed E-state index contributed by atoms with van der Waals surface area (Å²) in [5.41, 5.74) is 0.973. The number of fused-ring (bicyclic) bond motifs is 1. The molecule has 2 aliphatic heterocycles. The molecule has 120 valence electrons. The summed E-state index contributed by atoms with van der Waals surface area (Å²) >= 11 is 0. The summed E-state index contributed by atoms with van der Waals surface area (Å²) in [6.07, 6.45) is 5.36. The average Bonchev–Trinajstić information content (AvgIpc) is 3.07. The molecule has 4 rings (SSSR count). The van der Waals surface area contributed by atoms with Crippen LogP contribution in [0, 0.1) is 0 Å². The third-order valence-corrected chi connectivity index (χ3v) is 4.71. The standard InChI is InChI=1S/C16H18N4O3/c21-14(12-10-18-20-8-2-1-4-13(12)20)19-7-3-5-16(6-9-19)11-17-15(22)23-16/h1-2,4,8,10H,3,5-7,9,11H2,(H,17,22)/t16-/m1/s1. The summed E-state index contributed by atoms with van der Waals surface area (Å²) in [5, 5.41) is 6.95. The van der Waals surface area contributed by atoms with Gasteiger partial charge in [-0.05, 0) is 25.0 Å². The highest BCUT2D eigenvalue weighted by Crippen LogP contribution is 2.30. The number of carbonyl (C=O) groups excluding carboxylic acids is 2. The van der Waals surface area contributed by atoms with Gasteiger partial charge in [-0.2, -0.15) is 5.10 Å². The highest BCUT2D eigenvalue weighted by molar-refractivity contribution is 6.00. The largest absolute Gasteiger partial charge is 0.441 e. The zero-order valence-electron chi connectivity index (χ0n) is 12.7. The van der Waals surface area contributed by atoms with E-state index in [1.807, 2.05) is 29.3 Å². The number of rotatable bonds is 1. The first-order valence-corrected chi connectivity index (χ1v) is 7.85. The van der Waals surface area contributed by atoms with Crippen molar-refractivity contribution in [2.75, 3.05) is 19.6 Å². The summed E-state index contributed by atoms with van der Waals surface area (Å²) in [5.74, 6) is -0.0134. The molecule has 2 saturated heterocycles. The summed E-state index contributed by atoms with van der Waals surface area (Å²) in [6.45, 7) is 1.78. The number of aromatic nitrogens is 2. The number of hydrogen-bond acceptors (Lipinski definition) is 4. The molecule has 0 aliphatic carbocycles. The minimum atomic E-state index is -0.451. The predicted molar refractivity (Wildman–Crippen MR) is 82.2 cm³/mol. The molecule has 0 unspecified atom stereocenters. The fraction of sp³-hybridized carbons (Fsp3) is 0.438. The van der Waals surface area contributed by atoms with Gasteiger partial charge in [-0.3, -0.25) is 4.79 Å². The Labute approximate surface area is 133 Å². The zero-order chi connectivity index (χ0) is 15.9. The first-order valence-electron chi connectivity index (χ1n) is 7.85. The van der Waals surface area contributed by atoms with Gasteiger partial charge in [0, 0.05) is 25.7 Å². The Bertz CT molecular complexity index is 772. The Morgan fingerprint density at radius 2 is 2.22 bits per heavy atom. The van der Waals surface area contributed by atoms with Crippen LogP contribution >= 0.6 is 0 Å². The summed E-state index contributed by atoms with van der Waals surface area (Å²) in [7, 11) is 0. The van der Waals surface area contributed by atoms with Crippen molar-refractivity contribution in [2.24, 2.45) is 0 Å². The molecule has 2 aromatic heterocycles. The van der Waals surface area contributed by atoms with Gasteiger partial charge >= 0.3 is 6.09 Å². The number of nitrogens with one attached hydrogen (secondary N) is 1. The maximum Gasteiger partial charge on any atom is 0.407 e.